The van der Waals surface area contributed by atoms with Crippen LogP contribution in [0.3, 0.4) is 0 Å². The average Bonchev–Trinajstić information content (AvgIpc) is 2.26. The highest BCUT2D eigenvalue weighted by atomic mass is 14.9. The van der Waals surface area contributed by atoms with Crippen LogP contribution in [0.4, 0.5) is 0 Å². The summed E-state index contributed by atoms with van der Waals surface area (Å²) in [4.78, 5) is 0. The van der Waals surface area contributed by atoms with Crippen LogP contribution in [0.15, 0.2) is 0 Å². The maximum Gasteiger partial charge on any atom is 0.0108 e. The van der Waals surface area contributed by atoms with Gasteiger partial charge >= 0.3 is 0 Å². The highest BCUT2D eigenvalue weighted by Gasteiger charge is 2.27. The van der Waals surface area contributed by atoms with Gasteiger partial charge in [0.15, 0.2) is 0 Å². The van der Waals surface area contributed by atoms with E-state index < -0.39 is 0 Å². The molecule has 0 radical (unpaired) electrons. The van der Waals surface area contributed by atoms with Crippen LogP contribution in [0, 0.1) is 17.3 Å². The molecule has 2 heteroatoms. The number of nitrogens with one attached hydrogen (secondary N) is 1. The molecule has 0 amide bonds. The summed E-state index contributed by atoms with van der Waals surface area (Å²) < 4.78 is 0. The molecular weight excluding hydrogens is 196 g/mol. The third kappa shape index (κ3) is 3.74. The summed E-state index contributed by atoms with van der Waals surface area (Å²) in [6.07, 6.45) is 5.37. The monoisotopic (exact) mass is 226 g/mol. The Hall–Kier alpha value is -0.0800. The second-order valence-electron chi connectivity index (χ2n) is 6.41. The normalized spacial score (nSPS) is 27.4. The van der Waals surface area contributed by atoms with Crippen molar-refractivity contribution in [1.82, 2.24) is 5.32 Å². The lowest BCUT2D eigenvalue weighted by atomic mass is 9.79. The third-order valence-corrected chi connectivity index (χ3v) is 4.59. The molecule has 0 heterocycles. The summed E-state index contributed by atoms with van der Waals surface area (Å²) in [6.45, 7) is 11.3. The minimum Gasteiger partial charge on any atom is -0.330 e. The molecule has 2 unspecified atom stereocenters. The van der Waals surface area contributed by atoms with Gasteiger partial charge in [-0.3, -0.25) is 0 Å². The van der Waals surface area contributed by atoms with Gasteiger partial charge in [0.05, 0.1) is 0 Å². The molecular formula is C14H30N2. The summed E-state index contributed by atoms with van der Waals surface area (Å²) in [6, 6.07) is 0.664. The van der Waals surface area contributed by atoms with Crippen LogP contribution < -0.4 is 11.1 Å². The average molecular weight is 226 g/mol. The van der Waals surface area contributed by atoms with E-state index in [1.807, 2.05) is 0 Å². The second kappa shape index (κ2) is 6.02. The molecule has 0 saturated heterocycles. The minimum atomic E-state index is 0.386. The van der Waals surface area contributed by atoms with Crippen LogP contribution in [0.25, 0.3) is 0 Å². The van der Waals surface area contributed by atoms with E-state index >= 15 is 0 Å². The molecule has 1 fully saturated rings. The number of nitrogens with two attached hydrogens (primary N) is 1. The standard InChI is InChI=1S/C14H30N2/c1-11(2)14(3,4)10-16-13-8-6-5-7-12(13)9-15/h11-13,16H,5-10,15H2,1-4H3. The van der Waals surface area contributed by atoms with Crippen molar-refractivity contribution in [1.29, 1.82) is 0 Å². The van der Waals surface area contributed by atoms with E-state index in [0.29, 0.717) is 17.4 Å². The molecule has 0 aliphatic heterocycles. The summed E-state index contributed by atoms with van der Waals surface area (Å²) in [5.74, 6) is 1.43. The third-order valence-electron chi connectivity index (χ3n) is 4.59. The van der Waals surface area contributed by atoms with Crippen molar-refractivity contribution in [2.45, 2.75) is 59.4 Å². The number of hydrogen-bond donors (Lipinski definition) is 2. The van der Waals surface area contributed by atoms with Gasteiger partial charge < -0.3 is 11.1 Å². The zero-order valence-electron chi connectivity index (χ0n) is 11.6. The van der Waals surface area contributed by atoms with Gasteiger partial charge in [0.2, 0.25) is 0 Å². The molecule has 0 bridgehead atoms. The molecule has 1 saturated carbocycles. The Balaban J connectivity index is 2.40. The van der Waals surface area contributed by atoms with Crippen LogP contribution in [-0.2, 0) is 0 Å². The van der Waals surface area contributed by atoms with Crippen molar-refractivity contribution in [2.75, 3.05) is 13.1 Å². The topological polar surface area (TPSA) is 38.0 Å². The molecule has 16 heavy (non-hydrogen) atoms. The zero-order valence-corrected chi connectivity index (χ0v) is 11.6. The van der Waals surface area contributed by atoms with Crippen molar-refractivity contribution in [2.24, 2.45) is 23.0 Å². The van der Waals surface area contributed by atoms with Crippen LogP contribution in [0.2, 0.25) is 0 Å². The van der Waals surface area contributed by atoms with E-state index in [0.717, 1.165) is 19.0 Å². The van der Waals surface area contributed by atoms with Gasteiger partial charge in [0.25, 0.3) is 0 Å². The Labute approximate surface area is 101 Å². The van der Waals surface area contributed by atoms with Gasteiger partial charge in [-0.25, -0.2) is 0 Å². The molecule has 1 aliphatic carbocycles. The summed E-state index contributed by atoms with van der Waals surface area (Å²) in [5.41, 5.74) is 6.24. The first-order valence-corrected chi connectivity index (χ1v) is 6.91. The molecule has 0 aromatic heterocycles. The van der Waals surface area contributed by atoms with E-state index in [1.165, 1.54) is 25.7 Å². The largest absolute Gasteiger partial charge is 0.330 e. The van der Waals surface area contributed by atoms with Crippen LogP contribution in [-0.4, -0.2) is 19.1 Å². The van der Waals surface area contributed by atoms with Crippen molar-refractivity contribution < 1.29 is 0 Å². The Morgan fingerprint density at radius 2 is 1.88 bits per heavy atom. The van der Waals surface area contributed by atoms with Gasteiger partial charge in [0.1, 0.15) is 0 Å². The van der Waals surface area contributed by atoms with Crippen molar-refractivity contribution in [3.8, 4) is 0 Å². The molecule has 1 rings (SSSR count). The molecule has 0 aromatic carbocycles. The van der Waals surface area contributed by atoms with Crippen LogP contribution in [0.5, 0.6) is 0 Å². The highest BCUT2D eigenvalue weighted by Crippen LogP contribution is 2.28. The quantitative estimate of drug-likeness (QED) is 0.756. The fourth-order valence-corrected chi connectivity index (χ4v) is 2.36. The van der Waals surface area contributed by atoms with Crippen molar-refractivity contribution in [3.05, 3.63) is 0 Å². The van der Waals surface area contributed by atoms with E-state index in [2.05, 4.69) is 33.0 Å². The summed E-state index contributed by atoms with van der Waals surface area (Å²) >= 11 is 0. The molecule has 0 aromatic rings. The lowest BCUT2D eigenvalue weighted by molar-refractivity contribution is 0.193. The SMILES string of the molecule is CC(C)C(C)(C)CNC1CCCCC1CN. The van der Waals surface area contributed by atoms with Gasteiger partial charge in [-0.15, -0.1) is 0 Å². The molecule has 2 atom stereocenters. The predicted molar refractivity (Wildman–Crippen MR) is 71.4 cm³/mol. The molecule has 0 spiro atoms. The van der Waals surface area contributed by atoms with Gasteiger partial charge in [-0.2, -0.15) is 0 Å². The summed E-state index contributed by atoms with van der Waals surface area (Å²) in [7, 11) is 0. The fourth-order valence-electron chi connectivity index (χ4n) is 2.36. The smallest absolute Gasteiger partial charge is 0.0108 e. The Bertz CT molecular complexity index is 199. The zero-order chi connectivity index (χ0) is 12.2. The molecule has 3 N–H and O–H groups in total. The lowest BCUT2D eigenvalue weighted by Crippen LogP contribution is -2.46. The predicted octanol–water partition coefficient (Wildman–Crippen LogP) is 2.78. The minimum absolute atomic E-state index is 0.386. The fraction of sp³-hybridized carbons (Fsp3) is 1.00. The molecule has 2 nitrogen and oxygen atoms in total. The first-order chi connectivity index (χ1) is 7.47. The van der Waals surface area contributed by atoms with Crippen molar-refractivity contribution in [3.63, 3.8) is 0 Å². The van der Waals surface area contributed by atoms with Gasteiger partial charge in [-0.1, -0.05) is 40.5 Å². The first kappa shape index (κ1) is 14.0. The maximum absolute atomic E-state index is 5.85. The van der Waals surface area contributed by atoms with E-state index in [9.17, 15) is 0 Å². The second-order valence-corrected chi connectivity index (χ2v) is 6.41. The van der Waals surface area contributed by atoms with E-state index in [1.54, 1.807) is 0 Å². The Kier molecular flexibility index (Phi) is 5.26. The number of hydrogen-bond acceptors (Lipinski definition) is 2. The van der Waals surface area contributed by atoms with E-state index in [-0.39, 0.29) is 0 Å². The highest BCUT2D eigenvalue weighted by molar-refractivity contribution is 4.84. The van der Waals surface area contributed by atoms with Gasteiger partial charge in [-0.05, 0) is 36.6 Å². The first-order valence-electron chi connectivity index (χ1n) is 6.91. The summed E-state index contributed by atoms with van der Waals surface area (Å²) in [5, 5.41) is 3.76. The Morgan fingerprint density at radius 3 is 2.44 bits per heavy atom. The van der Waals surface area contributed by atoms with Crippen LogP contribution >= 0.6 is 0 Å². The number of rotatable bonds is 5. The maximum atomic E-state index is 5.85. The Morgan fingerprint density at radius 1 is 1.25 bits per heavy atom. The van der Waals surface area contributed by atoms with E-state index in [4.69, 9.17) is 5.73 Å². The van der Waals surface area contributed by atoms with Gasteiger partial charge in [0, 0.05) is 12.6 Å². The van der Waals surface area contributed by atoms with Crippen LogP contribution in [0.1, 0.15) is 53.4 Å². The van der Waals surface area contributed by atoms with Crippen molar-refractivity contribution >= 4 is 0 Å². The molecule has 96 valence electrons. The molecule has 1 aliphatic rings. The lowest BCUT2D eigenvalue weighted by Gasteiger charge is -2.36.